The van der Waals surface area contributed by atoms with Crippen molar-refractivity contribution in [1.29, 1.82) is 0 Å². The highest BCUT2D eigenvalue weighted by molar-refractivity contribution is 5.10. The molecule has 13 heavy (non-hydrogen) atoms. The number of aryl methyl sites for hydroxylation is 3. The van der Waals surface area contributed by atoms with E-state index < -0.39 is 0 Å². The van der Waals surface area contributed by atoms with Crippen molar-refractivity contribution < 1.29 is 4.42 Å². The van der Waals surface area contributed by atoms with Crippen molar-refractivity contribution in [1.82, 2.24) is 4.98 Å². The summed E-state index contributed by atoms with van der Waals surface area (Å²) >= 11 is 0. The molecule has 0 unspecified atom stereocenters. The molecule has 0 radical (unpaired) electrons. The van der Waals surface area contributed by atoms with Gasteiger partial charge in [-0.2, -0.15) is 0 Å². The van der Waals surface area contributed by atoms with Crippen molar-refractivity contribution in [2.75, 3.05) is 0 Å². The third kappa shape index (κ3) is 1.91. The maximum Gasteiger partial charge on any atom is 0.191 e. The van der Waals surface area contributed by atoms with E-state index in [1.165, 1.54) is 12.8 Å². The molecule has 0 bridgehead atoms. The van der Waals surface area contributed by atoms with E-state index in [0.29, 0.717) is 0 Å². The van der Waals surface area contributed by atoms with Gasteiger partial charge in [-0.15, -0.1) is 0 Å². The first-order chi connectivity index (χ1) is 6.09. The molecule has 1 heterocycles. The van der Waals surface area contributed by atoms with Gasteiger partial charge in [-0.05, 0) is 26.2 Å². The summed E-state index contributed by atoms with van der Waals surface area (Å²) in [6.07, 6.45) is 4.30. The largest absolute Gasteiger partial charge is 0.446 e. The van der Waals surface area contributed by atoms with Crippen molar-refractivity contribution in [3.05, 3.63) is 17.3 Å². The Balaban J connectivity index is 1.97. The zero-order valence-electron chi connectivity index (χ0n) is 8.26. The molecule has 1 aliphatic carbocycles. The van der Waals surface area contributed by atoms with Crippen LogP contribution in [0.1, 0.15) is 36.6 Å². The average molecular weight is 180 g/mol. The van der Waals surface area contributed by atoms with Crippen LogP contribution in [0.25, 0.3) is 0 Å². The average Bonchev–Trinajstić information content (AvgIpc) is 2.69. The summed E-state index contributed by atoms with van der Waals surface area (Å²) in [6, 6.07) is 0. The first-order valence-corrected chi connectivity index (χ1v) is 4.81. The first kappa shape index (κ1) is 8.75. The Morgan fingerprint density at radius 1 is 1.46 bits per heavy atom. The van der Waals surface area contributed by atoms with Crippen LogP contribution in [0.5, 0.6) is 0 Å². The first-order valence-electron chi connectivity index (χ1n) is 4.81. The Kier molecular flexibility index (Phi) is 1.91. The minimum Gasteiger partial charge on any atom is -0.446 e. The molecule has 0 spiro atoms. The molecule has 1 saturated carbocycles. The van der Waals surface area contributed by atoms with Crippen molar-refractivity contribution in [2.24, 2.45) is 5.73 Å². The second kappa shape index (κ2) is 2.84. The van der Waals surface area contributed by atoms with Gasteiger partial charge in [0.05, 0.1) is 5.69 Å². The quantitative estimate of drug-likeness (QED) is 0.770. The molecule has 1 aromatic rings. The van der Waals surface area contributed by atoms with Crippen LogP contribution in [0, 0.1) is 13.8 Å². The van der Waals surface area contributed by atoms with Gasteiger partial charge in [0, 0.05) is 18.9 Å². The zero-order chi connectivity index (χ0) is 9.47. The molecule has 0 amide bonds. The molecule has 1 fully saturated rings. The summed E-state index contributed by atoms with van der Waals surface area (Å²) in [7, 11) is 0. The van der Waals surface area contributed by atoms with E-state index in [9.17, 15) is 0 Å². The molecule has 1 aromatic heterocycles. The maximum atomic E-state index is 5.99. The monoisotopic (exact) mass is 180 g/mol. The lowest BCUT2D eigenvalue weighted by Crippen LogP contribution is -2.22. The van der Waals surface area contributed by atoms with Crippen molar-refractivity contribution in [2.45, 2.75) is 45.1 Å². The Morgan fingerprint density at radius 3 is 2.62 bits per heavy atom. The fourth-order valence-corrected chi connectivity index (χ4v) is 1.58. The van der Waals surface area contributed by atoms with E-state index in [-0.39, 0.29) is 5.54 Å². The van der Waals surface area contributed by atoms with Crippen molar-refractivity contribution in [3.63, 3.8) is 0 Å². The van der Waals surface area contributed by atoms with Gasteiger partial charge in [0.2, 0.25) is 0 Å². The van der Waals surface area contributed by atoms with Crippen molar-refractivity contribution >= 4 is 0 Å². The number of nitrogens with two attached hydrogens (primary N) is 1. The normalized spacial score (nSPS) is 19.0. The van der Waals surface area contributed by atoms with Crippen LogP contribution in [0.3, 0.4) is 0 Å². The lowest BCUT2D eigenvalue weighted by molar-refractivity contribution is 0.454. The fourth-order valence-electron chi connectivity index (χ4n) is 1.58. The van der Waals surface area contributed by atoms with Gasteiger partial charge in [0.25, 0.3) is 0 Å². The van der Waals surface area contributed by atoms with Gasteiger partial charge in [0.1, 0.15) is 5.76 Å². The van der Waals surface area contributed by atoms with Gasteiger partial charge < -0.3 is 10.2 Å². The third-order valence-corrected chi connectivity index (χ3v) is 2.74. The minimum atomic E-state index is 0.118. The predicted octanol–water partition coefficient (Wildman–Crippen LogP) is 1.72. The summed E-state index contributed by atoms with van der Waals surface area (Å²) in [5.41, 5.74) is 7.12. The van der Waals surface area contributed by atoms with E-state index in [2.05, 4.69) is 4.98 Å². The standard InChI is InChI=1S/C10H16N2O/c1-7-9(13-8(2)12-7)3-4-10(11)5-6-10/h3-6,11H2,1-2H3. The number of aromatic nitrogens is 1. The molecule has 2 N–H and O–H groups in total. The molecule has 3 heteroatoms. The molecule has 0 saturated heterocycles. The highest BCUT2D eigenvalue weighted by Crippen LogP contribution is 2.36. The molecule has 2 rings (SSSR count). The summed E-state index contributed by atoms with van der Waals surface area (Å²) in [6.45, 7) is 3.87. The maximum absolute atomic E-state index is 5.99. The van der Waals surface area contributed by atoms with E-state index >= 15 is 0 Å². The second-order valence-corrected chi connectivity index (χ2v) is 4.10. The lowest BCUT2D eigenvalue weighted by atomic mass is 10.1. The molecular weight excluding hydrogens is 164 g/mol. The number of nitrogens with zero attached hydrogens (tertiary/aromatic N) is 1. The van der Waals surface area contributed by atoms with Crippen LogP contribution >= 0.6 is 0 Å². The lowest BCUT2D eigenvalue weighted by Gasteiger charge is -2.05. The summed E-state index contributed by atoms with van der Waals surface area (Å²) < 4.78 is 5.47. The van der Waals surface area contributed by atoms with Gasteiger partial charge in [-0.25, -0.2) is 4.98 Å². The van der Waals surface area contributed by atoms with Crippen LogP contribution in [0.4, 0.5) is 0 Å². The fraction of sp³-hybridized carbons (Fsp3) is 0.700. The van der Waals surface area contributed by atoms with Crippen LogP contribution in [-0.4, -0.2) is 10.5 Å². The zero-order valence-corrected chi connectivity index (χ0v) is 8.26. The molecular formula is C10H16N2O. The highest BCUT2D eigenvalue weighted by atomic mass is 16.4. The van der Waals surface area contributed by atoms with Crippen LogP contribution in [0.2, 0.25) is 0 Å². The van der Waals surface area contributed by atoms with Gasteiger partial charge >= 0.3 is 0 Å². The van der Waals surface area contributed by atoms with Crippen LogP contribution < -0.4 is 5.73 Å². The Bertz CT molecular complexity index is 313. The molecule has 1 aliphatic rings. The SMILES string of the molecule is Cc1nc(C)c(CCC2(N)CC2)o1. The van der Waals surface area contributed by atoms with Gasteiger partial charge in [0.15, 0.2) is 5.89 Å². The van der Waals surface area contributed by atoms with Gasteiger partial charge in [-0.3, -0.25) is 0 Å². The van der Waals surface area contributed by atoms with E-state index in [1.54, 1.807) is 0 Å². The van der Waals surface area contributed by atoms with Crippen molar-refractivity contribution in [3.8, 4) is 0 Å². The minimum absolute atomic E-state index is 0.118. The molecule has 3 nitrogen and oxygen atoms in total. The van der Waals surface area contributed by atoms with E-state index in [0.717, 1.165) is 30.2 Å². The third-order valence-electron chi connectivity index (χ3n) is 2.74. The second-order valence-electron chi connectivity index (χ2n) is 4.10. The number of oxazole rings is 1. The Labute approximate surface area is 78.3 Å². The number of rotatable bonds is 3. The van der Waals surface area contributed by atoms with Crippen LogP contribution in [0.15, 0.2) is 4.42 Å². The number of hydrogen-bond acceptors (Lipinski definition) is 3. The Hall–Kier alpha value is -0.830. The molecule has 0 aromatic carbocycles. The number of hydrogen-bond donors (Lipinski definition) is 1. The summed E-state index contributed by atoms with van der Waals surface area (Å²) in [4.78, 5) is 4.22. The highest BCUT2D eigenvalue weighted by Gasteiger charge is 2.37. The Morgan fingerprint density at radius 2 is 2.15 bits per heavy atom. The molecule has 0 aliphatic heterocycles. The topological polar surface area (TPSA) is 52.0 Å². The van der Waals surface area contributed by atoms with E-state index in [4.69, 9.17) is 10.2 Å². The van der Waals surface area contributed by atoms with Crippen LogP contribution in [-0.2, 0) is 6.42 Å². The van der Waals surface area contributed by atoms with Gasteiger partial charge in [-0.1, -0.05) is 0 Å². The summed E-state index contributed by atoms with van der Waals surface area (Å²) in [5, 5.41) is 0. The predicted molar refractivity (Wildman–Crippen MR) is 50.5 cm³/mol. The summed E-state index contributed by atoms with van der Waals surface area (Å²) in [5.74, 6) is 1.77. The molecule has 0 atom stereocenters. The van der Waals surface area contributed by atoms with E-state index in [1.807, 2.05) is 13.8 Å². The molecule has 72 valence electrons. The smallest absolute Gasteiger partial charge is 0.191 e.